The number of hydrogen-bond acceptors (Lipinski definition) is 2. The standard InChI is InChI=1S/C12H16ClNO2/c1-12(2,8-16-11(15)14-3)9-5-4-6-10(13)7-9/h4-7H,8H2,1-3H3,(H,14,15). The average Bonchev–Trinajstić information content (AvgIpc) is 2.26. The quantitative estimate of drug-likeness (QED) is 0.884. The summed E-state index contributed by atoms with van der Waals surface area (Å²) in [6.07, 6.45) is -0.421. The number of hydrogen-bond donors (Lipinski definition) is 1. The van der Waals surface area contributed by atoms with Gasteiger partial charge in [0.15, 0.2) is 0 Å². The number of benzene rings is 1. The molecule has 0 radical (unpaired) electrons. The maximum Gasteiger partial charge on any atom is 0.406 e. The molecule has 0 saturated carbocycles. The van der Waals surface area contributed by atoms with Crippen LogP contribution in [0.25, 0.3) is 0 Å². The molecular weight excluding hydrogens is 226 g/mol. The fraction of sp³-hybridized carbons (Fsp3) is 0.417. The molecule has 1 N–H and O–H groups in total. The zero-order valence-corrected chi connectivity index (χ0v) is 10.5. The van der Waals surface area contributed by atoms with Gasteiger partial charge < -0.3 is 10.1 Å². The minimum atomic E-state index is -0.421. The normalized spacial score (nSPS) is 11.0. The number of ether oxygens (including phenoxy) is 1. The van der Waals surface area contributed by atoms with Gasteiger partial charge in [-0.3, -0.25) is 0 Å². The van der Waals surface area contributed by atoms with Crippen LogP contribution in [0.2, 0.25) is 5.02 Å². The molecule has 0 saturated heterocycles. The number of rotatable bonds is 3. The minimum Gasteiger partial charge on any atom is -0.449 e. The van der Waals surface area contributed by atoms with Gasteiger partial charge in [0.1, 0.15) is 6.61 Å². The van der Waals surface area contributed by atoms with Gasteiger partial charge >= 0.3 is 6.09 Å². The molecule has 0 unspecified atom stereocenters. The highest BCUT2D eigenvalue weighted by atomic mass is 35.5. The molecule has 1 amide bonds. The topological polar surface area (TPSA) is 38.3 Å². The number of carbonyl (C=O) groups excluding carboxylic acids is 1. The first-order valence-electron chi connectivity index (χ1n) is 5.06. The van der Waals surface area contributed by atoms with Crippen LogP contribution >= 0.6 is 11.6 Å². The second-order valence-electron chi connectivity index (χ2n) is 4.22. The smallest absolute Gasteiger partial charge is 0.406 e. The lowest BCUT2D eigenvalue weighted by Gasteiger charge is -2.24. The summed E-state index contributed by atoms with van der Waals surface area (Å²) in [6, 6.07) is 7.56. The maximum atomic E-state index is 11.0. The van der Waals surface area contributed by atoms with Gasteiger partial charge in [-0.25, -0.2) is 4.79 Å². The van der Waals surface area contributed by atoms with E-state index in [4.69, 9.17) is 16.3 Å². The molecule has 0 spiro atoms. The zero-order valence-electron chi connectivity index (χ0n) is 9.71. The lowest BCUT2D eigenvalue weighted by atomic mass is 9.86. The Morgan fingerprint density at radius 3 is 2.75 bits per heavy atom. The molecule has 0 bridgehead atoms. The van der Waals surface area contributed by atoms with Gasteiger partial charge in [0.25, 0.3) is 0 Å². The monoisotopic (exact) mass is 241 g/mol. The molecule has 1 rings (SSSR count). The van der Waals surface area contributed by atoms with E-state index in [1.807, 2.05) is 38.1 Å². The van der Waals surface area contributed by atoms with Crippen molar-refractivity contribution in [3.8, 4) is 0 Å². The van der Waals surface area contributed by atoms with Crippen molar-refractivity contribution in [2.45, 2.75) is 19.3 Å². The van der Waals surface area contributed by atoms with Crippen molar-refractivity contribution in [3.05, 3.63) is 34.9 Å². The Balaban J connectivity index is 2.73. The highest BCUT2D eigenvalue weighted by molar-refractivity contribution is 6.30. The number of alkyl carbamates (subject to hydrolysis) is 1. The Labute approximate surface area is 101 Å². The summed E-state index contributed by atoms with van der Waals surface area (Å²) in [5.74, 6) is 0. The molecule has 0 aromatic heterocycles. The molecule has 16 heavy (non-hydrogen) atoms. The molecule has 0 fully saturated rings. The maximum absolute atomic E-state index is 11.0. The second-order valence-corrected chi connectivity index (χ2v) is 4.66. The Morgan fingerprint density at radius 2 is 2.19 bits per heavy atom. The molecule has 0 aliphatic heterocycles. The van der Waals surface area contributed by atoms with Crippen LogP contribution in [-0.4, -0.2) is 19.7 Å². The van der Waals surface area contributed by atoms with Crippen molar-refractivity contribution < 1.29 is 9.53 Å². The molecule has 1 aromatic carbocycles. The summed E-state index contributed by atoms with van der Waals surface area (Å²) in [4.78, 5) is 11.0. The third kappa shape index (κ3) is 3.42. The minimum absolute atomic E-state index is 0.253. The van der Waals surface area contributed by atoms with Gasteiger partial charge in [-0.05, 0) is 17.7 Å². The van der Waals surface area contributed by atoms with Crippen molar-refractivity contribution in [3.63, 3.8) is 0 Å². The molecule has 1 aromatic rings. The molecule has 0 aliphatic carbocycles. The number of nitrogens with one attached hydrogen (secondary N) is 1. The first-order valence-corrected chi connectivity index (χ1v) is 5.44. The SMILES string of the molecule is CNC(=O)OCC(C)(C)c1cccc(Cl)c1. The summed E-state index contributed by atoms with van der Waals surface area (Å²) in [6.45, 7) is 4.32. The van der Waals surface area contributed by atoms with Crippen LogP contribution in [0.1, 0.15) is 19.4 Å². The van der Waals surface area contributed by atoms with E-state index in [0.29, 0.717) is 11.6 Å². The van der Waals surface area contributed by atoms with E-state index in [1.165, 1.54) is 7.05 Å². The third-order valence-electron chi connectivity index (χ3n) is 2.37. The first-order chi connectivity index (χ1) is 7.45. The Kier molecular flexibility index (Phi) is 4.19. The van der Waals surface area contributed by atoms with Crippen LogP contribution in [0.5, 0.6) is 0 Å². The summed E-state index contributed by atoms with van der Waals surface area (Å²) in [5, 5.41) is 3.10. The first kappa shape index (κ1) is 12.8. The lowest BCUT2D eigenvalue weighted by molar-refractivity contribution is 0.125. The zero-order chi connectivity index (χ0) is 12.2. The van der Waals surface area contributed by atoms with Crippen molar-refractivity contribution in [2.24, 2.45) is 0 Å². The molecular formula is C12H16ClNO2. The van der Waals surface area contributed by atoms with E-state index < -0.39 is 6.09 Å². The molecule has 0 heterocycles. The predicted octanol–water partition coefficient (Wildman–Crippen LogP) is 2.97. The van der Waals surface area contributed by atoms with Crippen molar-refractivity contribution >= 4 is 17.7 Å². The van der Waals surface area contributed by atoms with Gasteiger partial charge in [-0.2, -0.15) is 0 Å². The molecule has 3 nitrogen and oxygen atoms in total. The van der Waals surface area contributed by atoms with Crippen molar-refractivity contribution in [1.29, 1.82) is 0 Å². The Hall–Kier alpha value is -1.22. The van der Waals surface area contributed by atoms with E-state index in [2.05, 4.69) is 5.32 Å². The van der Waals surface area contributed by atoms with Crippen LogP contribution in [0.4, 0.5) is 4.79 Å². The number of halogens is 1. The summed E-state index contributed by atoms with van der Waals surface area (Å²) in [5.41, 5.74) is 0.793. The van der Waals surface area contributed by atoms with Crippen LogP contribution < -0.4 is 5.32 Å². The van der Waals surface area contributed by atoms with E-state index in [9.17, 15) is 4.79 Å². The van der Waals surface area contributed by atoms with E-state index >= 15 is 0 Å². The summed E-state index contributed by atoms with van der Waals surface area (Å²) >= 11 is 5.92. The van der Waals surface area contributed by atoms with Gasteiger partial charge in [0.2, 0.25) is 0 Å². The number of carbonyl (C=O) groups is 1. The number of amides is 1. The predicted molar refractivity (Wildman–Crippen MR) is 64.9 cm³/mol. The Bertz CT molecular complexity index is 377. The van der Waals surface area contributed by atoms with Gasteiger partial charge in [-0.1, -0.05) is 37.6 Å². The summed E-state index contributed by atoms with van der Waals surface area (Å²) < 4.78 is 5.06. The fourth-order valence-electron chi connectivity index (χ4n) is 1.31. The molecule has 0 aliphatic rings. The van der Waals surface area contributed by atoms with Gasteiger partial charge in [-0.15, -0.1) is 0 Å². The highest BCUT2D eigenvalue weighted by Gasteiger charge is 2.22. The van der Waals surface area contributed by atoms with Crippen LogP contribution in [0.15, 0.2) is 24.3 Å². The average molecular weight is 242 g/mol. The second kappa shape index (κ2) is 5.21. The van der Waals surface area contributed by atoms with E-state index in [1.54, 1.807) is 0 Å². The molecule has 0 atom stereocenters. The molecule has 4 heteroatoms. The van der Waals surface area contributed by atoms with Crippen LogP contribution in [0, 0.1) is 0 Å². The Morgan fingerprint density at radius 1 is 1.50 bits per heavy atom. The third-order valence-corrected chi connectivity index (χ3v) is 2.61. The van der Waals surface area contributed by atoms with Crippen molar-refractivity contribution in [1.82, 2.24) is 5.32 Å². The lowest BCUT2D eigenvalue weighted by Crippen LogP contribution is -2.29. The van der Waals surface area contributed by atoms with Crippen LogP contribution in [-0.2, 0) is 10.2 Å². The van der Waals surface area contributed by atoms with Crippen LogP contribution in [0.3, 0.4) is 0 Å². The van der Waals surface area contributed by atoms with E-state index in [0.717, 1.165) is 5.56 Å². The molecule has 88 valence electrons. The summed E-state index contributed by atoms with van der Waals surface area (Å²) in [7, 11) is 1.54. The largest absolute Gasteiger partial charge is 0.449 e. The van der Waals surface area contributed by atoms with Gasteiger partial charge in [0, 0.05) is 17.5 Å². The van der Waals surface area contributed by atoms with E-state index in [-0.39, 0.29) is 5.41 Å². The highest BCUT2D eigenvalue weighted by Crippen LogP contribution is 2.25. The van der Waals surface area contributed by atoms with Gasteiger partial charge in [0.05, 0.1) is 0 Å². The fourth-order valence-corrected chi connectivity index (χ4v) is 1.50. The van der Waals surface area contributed by atoms with Crippen molar-refractivity contribution in [2.75, 3.05) is 13.7 Å².